The minimum absolute atomic E-state index is 0.00976. The van der Waals surface area contributed by atoms with Gasteiger partial charge in [-0.2, -0.15) is 0 Å². The maximum Gasteiger partial charge on any atom is 0.191 e. The summed E-state index contributed by atoms with van der Waals surface area (Å²) in [6.45, 7) is 4.85. The summed E-state index contributed by atoms with van der Waals surface area (Å²) < 4.78 is 7.32. The van der Waals surface area contributed by atoms with E-state index in [1.54, 1.807) is 19.2 Å². The molecular formula is C20H21N3O2S. The molecule has 0 unspecified atom stereocenters. The Labute approximate surface area is 157 Å². The van der Waals surface area contributed by atoms with E-state index in [0.717, 1.165) is 28.7 Å². The molecule has 0 fully saturated rings. The molecule has 134 valence electrons. The average Bonchev–Trinajstić information content (AvgIpc) is 3.09. The van der Waals surface area contributed by atoms with Crippen molar-refractivity contribution in [3.63, 3.8) is 0 Å². The molecule has 2 aromatic carbocycles. The third-order valence-corrected chi connectivity index (χ3v) is 5.13. The Balaban J connectivity index is 1.81. The standard InChI is InChI=1S/C20H21N3O2S/c1-4-23-19(15-10-6-5-9-14(15)2)21-22-20(23)26-13-17(24)16-11-7-8-12-18(16)25-3/h5-12H,4,13H2,1-3H3. The highest BCUT2D eigenvalue weighted by Crippen LogP contribution is 2.27. The van der Waals surface area contributed by atoms with Crippen LogP contribution in [0.15, 0.2) is 53.7 Å². The first-order valence-corrected chi connectivity index (χ1v) is 9.42. The number of aromatic nitrogens is 3. The van der Waals surface area contributed by atoms with Crippen molar-refractivity contribution in [3.05, 3.63) is 59.7 Å². The SMILES string of the molecule is CCn1c(SCC(=O)c2ccccc2OC)nnc1-c1ccccc1C. The highest BCUT2D eigenvalue weighted by molar-refractivity contribution is 7.99. The highest BCUT2D eigenvalue weighted by Gasteiger charge is 2.17. The van der Waals surface area contributed by atoms with Gasteiger partial charge in [0, 0.05) is 12.1 Å². The molecule has 0 atom stereocenters. The number of thioether (sulfide) groups is 1. The van der Waals surface area contributed by atoms with Crippen LogP contribution < -0.4 is 4.74 Å². The Hall–Kier alpha value is -2.60. The van der Waals surface area contributed by atoms with Crippen molar-refractivity contribution in [1.29, 1.82) is 0 Å². The zero-order chi connectivity index (χ0) is 18.5. The molecule has 1 aromatic heterocycles. The summed E-state index contributed by atoms with van der Waals surface area (Å²) in [6, 6.07) is 15.4. The van der Waals surface area contributed by atoms with Crippen LogP contribution in [-0.2, 0) is 6.54 Å². The van der Waals surface area contributed by atoms with Gasteiger partial charge < -0.3 is 9.30 Å². The number of aryl methyl sites for hydroxylation is 1. The Bertz CT molecular complexity index is 921. The fraction of sp³-hybridized carbons (Fsp3) is 0.250. The van der Waals surface area contributed by atoms with Crippen LogP contribution in [0.25, 0.3) is 11.4 Å². The van der Waals surface area contributed by atoms with Gasteiger partial charge in [-0.3, -0.25) is 4.79 Å². The lowest BCUT2D eigenvalue weighted by Gasteiger charge is -2.09. The van der Waals surface area contributed by atoms with E-state index in [4.69, 9.17) is 4.74 Å². The molecule has 0 amide bonds. The maximum atomic E-state index is 12.6. The van der Waals surface area contributed by atoms with Crippen molar-refractivity contribution in [2.75, 3.05) is 12.9 Å². The Morgan fingerprint density at radius 1 is 1.12 bits per heavy atom. The predicted molar refractivity (Wildman–Crippen MR) is 104 cm³/mol. The summed E-state index contributed by atoms with van der Waals surface area (Å²) in [5, 5.41) is 9.41. The van der Waals surface area contributed by atoms with E-state index in [1.807, 2.05) is 34.9 Å². The largest absolute Gasteiger partial charge is 0.496 e. The number of rotatable bonds is 7. The number of benzene rings is 2. The molecule has 3 aromatic rings. The molecular weight excluding hydrogens is 346 g/mol. The third-order valence-electron chi connectivity index (χ3n) is 4.16. The van der Waals surface area contributed by atoms with Gasteiger partial charge in [0.2, 0.25) is 0 Å². The maximum absolute atomic E-state index is 12.6. The van der Waals surface area contributed by atoms with E-state index in [-0.39, 0.29) is 11.5 Å². The zero-order valence-electron chi connectivity index (χ0n) is 15.1. The number of carbonyl (C=O) groups is 1. The molecule has 0 radical (unpaired) electrons. The van der Waals surface area contributed by atoms with Crippen LogP contribution in [0.5, 0.6) is 5.75 Å². The van der Waals surface area contributed by atoms with Gasteiger partial charge in [-0.25, -0.2) is 0 Å². The quantitative estimate of drug-likeness (QED) is 0.461. The lowest BCUT2D eigenvalue weighted by Crippen LogP contribution is -2.07. The van der Waals surface area contributed by atoms with Crippen LogP contribution in [0.2, 0.25) is 0 Å². The van der Waals surface area contributed by atoms with E-state index < -0.39 is 0 Å². The van der Waals surface area contributed by atoms with Crippen LogP contribution in [0, 0.1) is 6.92 Å². The number of hydrogen-bond donors (Lipinski definition) is 0. The summed E-state index contributed by atoms with van der Waals surface area (Å²) >= 11 is 1.40. The first-order valence-electron chi connectivity index (χ1n) is 8.44. The van der Waals surface area contributed by atoms with Gasteiger partial charge in [-0.15, -0.1) is 10.2 Å². The summed E-state index contributed by atoms with van der Waals surface area (Å²) in [4.78, 5) is 12.6. The number of ketones is 1. The van der Waals surface area contributed by atoms with Crippen LogP contribution in [0.3, 0.4) is 0 Å². The molecule has 26 heavy (non-hydrogen) atoms. The van der Waals surface area contributed by atoms with Gasteiger partial charge in [-0.05, 0) is 31.5 Å². The smallest absolute Gasteiger partial charge is 0.191 e. The van der Waals surface area contributed by atoms with E-state index in [0.29, 0.717) is 11.3 Å². The molecule has 0 spiro atoms. The zero-order valence-corrected chi connectivity index (χ0v) is 15.9. The third kappa shape index (κ3) is 3.65. The predicted octanol–water partition coefficient (Wildman–Crippen LogP) is 4.26. The summed E-state index contributed by atoms with van der Waals surface area (Å²) in [6.07, 6.45) is 0. The highest BCUT2D eigenvalue weighted by atomic mass is 32.2. The second kappa shape index (κ2) is 8.19. The van der Waals surface area contributed by atoms with Gasteiger partial charge in [0.1, 0.15) is 5.75 Å². The number of Topliss-reactive ketones (excluding diaryl/α,β-unsaturated/α-hetero) is 1. The molecule has 0 N–H and O–H groups in total. The first-order chi connectivity index (χ1) is 12.7. The van der Waals surface area contributed by atoms with Crippen LogP contribution in [0.1, 0.15) is 22.8 Å². The number of hydrogen-bond acceptors (Lipinski definition) is 5. The average molecular weight is 367 g/mol. The Morgan fingerprint density at radius 3 is 2.58 bits per heavy atom. The molecule has 3 rings (SSSR count). The van der Waals surface area contributed by atoms with Crippen LogP contribution in [0.4, 0.5) is 0 Å². The molecule has 0 aliphatic rings. The van der Waals surface area contributed by atoms with Gasteiger partial charge in [0.05, 0.1) is 18.4 Å². The van der Waals surface area contributed by atoms with E-state index in [1.165, 1.54) is 11.8 Å². The number of nitrogens with zero attached hydrogens (tertiary/aromatic N) is 3. The van der Waals surface area contributed by atoms with E-state index in [2.05, 4.69) is 30.1 Å². The number of carbonyl (C=O) groups excluding carboxylic acids is 1. The minimum atomic E-state index is 0.00976. The molecule has 5 nitrogen and oxygen atoms in total. The number of para-hydroxylation sites is 1. The van der Waals surface area contributed by atoms with E-state index in [9.17, 15) is 4.79 Å². The monoisotopic (exact) mass is 367 g/mol. The summed E-state index contributed by atoms with van der Waals surface area (Å²) in [5.41, 5.74) is 2.80. The van der Waals surface area contributed by atoms with Crippen molar-refractivity contribution < 1.29 is 9.53 Å². The van der Waals surface area contributed by atoms with Crippen molar-refractivity contribution in [2.24, 2.45) is 0 Å². The lowest BCUT2D eigenvalue weighted by atomic mass is 10.1. The number of ether oxygens (including phenoxy) is 1. The summed E-state index contributed by atoms with van der Waals surface area (Å²) in [7, 11) is 1.57. The molecule has 0 saturated heterocycles. The molecule has 0 saturated carbocycles. The topological polar surface area (TPSA) is 57.0 Å². The fourth-order valence-electron chi connectivity index (χ4n) is 2.79. The Kier molecular flexibility index (Phi) is 5.73. The molecule has 6 heteroatoms. The molecule has 1 heterocycles. The van der Waals surface area contributed by atoms with Crippen molar-refractivity contribution in [1.82, 2.24) is 14.8 Å². The Morgan fingerprint density at radius 2 is 1.85 bits per heavy atom. The van der Waals surface area contributed by atoms with Gasteiger partial charge >= 0.3 is 0 Å². The second-order valence-corrected chi connectivity index (χ2v) is 6.72. The second-order valence-electron chi connectivity index (χ2n) is 5.78. The van der Waals surface area contributed by atoms with Crippen LogP contribution in [-0.4, -0.2) is 33.4 Å². The van der Waals surface area contributed by atoms with Crippen molar-refractivity contribution in [3.8, 4) is 17.1 Å². The van der Waals surface area contributed by atoms with Gasteiger partial charge in [0.25, 0.3) is 0 Å². The molecule has 0 aliphatic heterocycles. The molecule has 0 bridgehead atoms. The van der Waals surface area contributed by atoms with Gasteiger partial charge in [0.15, 0.2) is 16.8 Å². The molecule has 0 aliphatic carbocycles. The van der Waals surface area contributed by atoms with Crippen LogP contribution >= 0.6 is 11.8 Å². The summed E-state index contributed by atoms with van der Waals surface area (Å²) in [5.74, 6) is 1.72. The lowest BCUT2D eigenvalue weighted by molar-refractivity contribution is 0.101. The van der Waals surface area contributed by atoms with E-state index >= 15 is 0 Å². The normalized spacial score (nSPS) is 10.7. The first kappa shape index (κ1) is 18.2. The van der Waals surface area contributed by atoms with Crippen molar-refractivity contribution >= 4 is 17.5 Å². The number of methoxy groups -OCH3 is 1. The fourth-order valence-corrected chi connectivity index (χ4v) is 3.67. The minimum Gasteiger partial charge on any atom is -0.496 e. The van der Waals surface area contributed by atoms with Crippen molar-refractivity contribution in [2.45, 2.75) is 25.5 Å². The van der Waals surface area contributed by atoms with Gasteiger partial charge in [-0.1, -0.05) is 48.2 Å².